The Balaban J connectivity index is 2.40. The van der Waals surface area contributed by atoms with E-state index in [1.807, 2.05) is 6.08 Å². The molecular formula is C5H8ClN. The summed E-state index contributed by atoms with van der Waals surface area (Å²) in [7, 11) is 0. The number of hydrogen-bond acceptors (Lipinski definition) is 1. The molecule has 0 saturated heterocycles. The predicted octanol–water partition coefficient (Wildman–Crippen LogP) is 1.45. The largest absolute Gasteiger partial charge is 0.376 e. The highest BCUT2D eigenvalue weighted by Crippen LogP contribution is 2.04. The van der Waals surface area contributed by atoms with Gasteiger partial charge in [-0.05, 0) is 18.9 Å². The maximum atomic E-state index is 5.57. The third-order valence-corrected chi connectivity index (χ3v) is 1.29. The SMILES string of the molecule is ClC1=CCCCN1. The lowest BCUT2D eigenvalue weighted by atomic mass is 10.2. The molecule has 0 aromatic heterocycles. The standard InChI is InChI=1S/C5H8ClN/c6-5-3-1-2-4-7-5/h3,7H,1-2,4H2. The van der Waals surface area contributed by atoms with E-state index in [9.17, 15) is 0 Å². The van der Waals surface area contributed by atoms with Gasteiger partial charge in [-0.3, -0.25) is 0 Å². The Hall–Kier alpha value is -0.170. The van der Waals surface area contributed by atoms with Crippen LogP contribution < -0.4 is 5.32 Å². The molecule has 0 bridgehead atoms. The molecule has 1 heterocycles. The Morgan fingerprint density at radius 2 is 2.57 bits per heavy atom. The summed E-state index contributed by atoms with van der Waals surface area (Å²) in [5.74, 6) is 0. The first-order chi connectivity index (χ1) is 3.39. The zero-order valence-corrected chi connectivity index (χ0v) is 4.83. The second-order valence-electron chi connectivity index (χ2n) is 1.62. The number of allylic oxidation sites excluding steroid dienone is 1. The summed E-state index contributed by atoms with van der Waals surface area (Å²) in [6, 6.07) is 0. The van der Waals surface area contributed by atoms with Crippen LogP contribution in [-0.4, -0.2) is 6.54 Å². The summed E-state index contributed by atoms with van der Waals surface area (Å²) < 4.78 is 0. The third-order valence-electron chi connectivity index (χ3n) is 0.998. The van der Waals surface area contributed by atoms with Crippen molar-refractivity contribution in [3.05, 3.63) is 11.2 Å². The van der Waals surface area contributed by atoms with Gasteiger partial charge in [-0.15, -0.1) is 0 Å². The van der Waals surface area contributed by atoms with E-state index >= 15 is 0 Å². The summed E-state index contributed by atoms with van der Waals surface area (Å²) in [5.41, 5.74) is 0. The monoisotopic (exact) mass is 117 g/mol. The molecule has 40 valence electrons. The van der Waals surface area contributed by atoms with E-state index in [1.165, 1.54) is 6.42 Å². The Bertz CT molecular complexity index is 88.1. The lowest BCUT2D eigenvalue weighted by Gasteiger charge is -2.07. The van der Waals surface area contributed by atoms with Crippen LogP contribution >= 0.6 is 11.6 Å². The van der Waals surface area contributed by atoms with Gasteiger partial charge in [-0.2, -0.15) is 0 Å². The first-order valence-electron chi connectivity index (χ1n) is 2.49. The molecule has 0 aliphatic carbocycles. The van der Waals surface area contributed by atoms with Crippen molar-refractivity contribution in [3.8, 4) is 0 Å². The molecule has 0 radical (unpaired) electrons. The van der Waals surface area contributed by atoms with E-state index in [4.69, 9.17) is 11.6 Å². The van der Waals surface area contributed by atoms with Crippen LogP contribution in [0, 0.1) is 0 Å². The Kier molecular flexibility index (Phi) is 1.58. The number of rotatable bonds is 0. The Morgan fingerprint density at radius 3 is 2.86 bits per heavy atom. The minimum Gasteiger partial charge on any atom is -0.376 e. The smallest absolute Gasteiger partial charge is 0.0977 e. The number of hydrogen-bond donors (Lipinski definition) is 1. The maximum absolute atomic E-state index is 5.57. The van der Waals surface area contributed by atoms with Gasteiger partial charge in [0.15, 0.2) is 0 Å². The summed E-state index contributed by atoms with van der Waals surface area (Å²) in [5, 5.41) is 3.82. The van der Waals surface area contributed by atoms with Crippen LogP contribution in [0.15, 0.2) is 11.2 Å². The van der Waals surface area contributed by atoms with Crippen molar-refractivity contribution >= 4 is 11.6 Å². The zero-order chi connectivity index (χ0) is 5.11. The average molecular weight is 118 g/mol. The number of nitrogens with one attached hydrogen (secondary N) is 1. The highest BCUT2D eigenvalue weighted by molar-refractivity contribution is 6.29. The molecule has 1 aliphatic rings. The molecule has 0 unspecified atom stereocenters. The van der Waals surface area contributed by atoms with Gasteiger partial charge in [0.1, 0.15) is 0 Å². The van der Waals surface area contributed by atoms with Crippen molar-refractivity contribution < 1.29 is 0 Å². The topological polar surface area (TPSA) is 12.0 Å². The van der Waals surface area contributed by atoms with E-state index in [0.29, 0.717) is 0 Å². The van der Waals surface area contributed by atoms with E-state index in [1.54, 1.807) is 0 Å². The molecule has 1 N–H and O–H groups in total. The van der Waals surface area contributed by atoms with Crippen LogP contribution in [0.5, 0.6) is 0 Å². The molecule has 0 aromatic rings. The molecule has 2 heteroatoms. The van der Waals surface area contributed by atoms with Gasteiger partial charge >= 0.3 is 0 Å². The zero-order valence-electron chi connectivity index (χ0n) is 4.08. The first kappa shape index (κ1) is 4.98. The fourth-order valence-electron chi connectivity index (χ4n) is 0.611. The molecule has 0 aromatic carbocycles. The van der Waals surface area contributed by atoms with Gasteiger partial charge in [0.25, 0.3) is 0 Å². The second-order valence-corrected chi connectivity index (χ2v) is 2.03. The van der Waals surface area contributed by atoms with Crippen LogP contribution in [0.1, 0.15) is 12.8 Å². The quantitative estimate of drug-likeness (QED) is 0.474. The van der Waals surface area contributed by atoms with Gasteiger partial charge in [0.2, 0.25) is 0 Å². The van der Waals surface area contributed by atoms with E-state index < -0.39 is 0 Å². The molecule has 0 amide bonds. The molecule has 1 nitrogen and oxygen atoms in total. The Morgan fingerprint density at radius 1 is 1.71 bits per heavy atom. The second kappa shape index (κ2) is 2.22. The molecule has 7 heavy (non-hydrogen) atoms. The van der Waals surface area contributed by atoms with E-state index in [2.05, 4.69) is 5.32 Å². The summed E-state index contributed by atoms with van der Waals surface area (Å²) in [4.78, 5) is 0. The van der Waals surface area contributed by atoms with Crippen LogP contribution in [-0.2, 0) is 0 Å². The molecule has 0 spiro atoms. The average Bonchev–Trinajstić information content (AvgIpc) is 1.69. The normalized spacial score (nSPS) is 20.4. The van der Waals surface area contributed by atoms with Crippen LogP contribution in [0.4, 0.5) is 0 Å². The van der Waals surface area contributed by atoms with Gasteiger partial charge in [0, 0.05) is 6.54 Å². The van der Waals surface area contributed by atoms with E-state index in [-0.39, 0.29) is 0 Å². The molecule has 0 saturated carbocycles. The lowest BCUT2D eigenvalue weighted by Crippen LogP contribution is -2.14. The van der Waals surface area contributed by atoms with Crippen LogP contribution in [0.3, 0.4) is 0 Å². The maximum Gasteiger partial charge on any atom is 0.0977 e. The van der Waals surface area contributed by atoms with Crippen molar-refractivity contribution in [1.29, 1.82) is 0 Å². The van der Waals surface area contributed by atoms with Gasteiger partial charge in [0.05, 0.1) is 5.16 Å². The molecular weight excluding hydrogens is 110 g/mol. The van der Waals surface area contributed by atoms with Gasteiger partial charge in [-0.25, -0.2) is 0 Å². The Labute approximate surface area is 48.4 Å². The van der Waals surface area contributed by atoms with Crippen LogP contribution in [0.2, 0.25) is 0 Å². The predicted molar refractivity (Wildman–Crippen MR) is 31.2 cm³/mol. The molecule has 1 rings (SSSR count). The van der Waals surface area contributed by atoms with Crippen molar-refractivity contribution in [2.45, 2.75) is 12.8 Å². The van der Waals surface area contributed by atoms with Gasteiger partial charge in [-0.1, -0.05) is 11.6 Å². The highest BCUT2D eigenvalue weighted by atomic mass is 35.5. The molecule has 0 atom stereocenters. The fourth-order valence-corrected chi connectivity index (χ4v) is 0.814. The molecule has 1 aliphatic heterocycles. The lowest BCUT2D eigenvalue weighted by molar-refractivity contribution is 0.716. The van der Waals surface area contributed by atoms with E-state index in [0.717, 1.165) is 18.1 Å². The van der Waals surface area contributed by atoms with Crippen molar-refractivity contribution in [2.24, 2.45) is 0 Å². The summed E-state index contributed by atoms with van der Waals surface area (Å²) in [6.07, 6.45) is 4.35. The summed E-state index contributed by atoms with van der Waals surface area (Å²) in [6.45, 7) is 1.04. The van der Waals surface area contributed by atoms with Gasteiger partial charge < -0.3 is 5.32 Å². The van der Waals surface area contributed by atoms with Crippen molar-refractivity contribution in [2.75, 3.05) is 6.54 Å². The van der Waals surface area contributed by atoms with Crippen LogP contribution in [0.25, 0.3) is 0 Å². The minimum atomic E-state index is 0.811. The number of halogens is 1. The van der Waals surface area contributed by atoms with Crippen molar-refractivity contribution in [3.63, 3.8) is 0 Å². The fraction of sp³-hybridized carbons (Fsp3) is 0.600. The minimum absolute atomic E-state index is 0.811. The first-order valence-corrected chi connectivity index (χ1v) is 2.87. The summed E-state index contributed by atoms with van der Waals surface area (Å²) >= 11 is 5.57. The van der Waals surface area contributed by atoms with Crippen molar-refractivity contribution in [1.82, 2.24) is 5.32 Å². The molecule has 0 fully saturated rings. The highest BCUT2D eigenvalue weighted by Gasteiger charge is 1.94. The third kappa shape index (κ3) is 1.39.